The molecule has 1 saturated carbocycles. The molecule has 1 aliphatic rings. The first-order valence-corrected chi connectivity index (χ1v) is 16.5. The van der Waals surface area contributed by atoms with E-state index in [0.29, 0.717) is 62.0 Å². The number of anilines is 4. The highest BCUT2D eigenvalue weighted by atomic mass is 19.1. The molecule has 1 fully saturated rings. The molecule has 0 bridgehead atoms. The third kappa shape index (κ3) is 7.01. The van der Waals surface area contributed by atoms with Gasteiger partial charge in [0.15, 0.2) is 0 Å². The average molecular weight is 676 g/mol. The number of rotatable bonds is 8. The zero-order valence-corrected chi connectivity index (χ0v) is 28.0. The summed E-state index contributed by atoms with van der Waals surface area (Å²) in [5.74, 6) is 1.35. The van der Waals surface area contributed by atoms with Crippen LogP contribution in [0.4, 0.5) is 27.9 Å². The van der Waals surface area contributed by atoms with E-state index in [4.69, 9.17) is 15.7 Å². The van der Waals surface area contributed by atoms with E-state index in [2.05, 4.69) is 35.9 Å². The fourth-order valence-electron chi connectivity index (χ4n) is 6.09. The van der Waals surface area contributed by atoms with Crippen molar-refractivity contribution in [3.05, 3.63) is 83.6 Å². The van der Waals surface area contributed by atoms with E-state index in [1.165, 1.54) is 22.8 Å². The van der Waals surface area contributed by atoms with Crippen molar-refractivity contribution in [2.24, 2.45) is 0 Å². The van der Waals surface area contributed by atoms with Crippen molar-refractivity contribution in [3.8, 4) is 22.3 Å². The molecule has 7 rings (SSSR count). The van der Waals surface area contributed by atoms with Crippen molar-refractivity contribution in [2.45, 2.75) is 70.8 Å². The first-order valence-electron chi connectivity index (χ1n) is 16.5. The van der Waals surface area contributed by atoms with Gasteiger partial charge in [-0.05, 0) is 75.8 Å². The van der Waals surface area contributed by atoms with Crippen LogP contribution in [0.3, 0.4) is 0 Å². The van der Waals surface area contributed by atoms with Gasteiger partial charge in [0.1, 0.15) is 17.5 Å². The summed E-state index contributed by atoms with van der Waals surface area (Å²) in [4.78, 5) is 40.9. The number of aliphatic hydroxyl groups excluding tert-OH is 1. The van der Waals surface area contributed by atoms with Gasteiger partial charge in [0, 0.05) is 59.8 Å². The Balaban J connectivity index is 1.18. The van der Waals surface area contributed by atoms with E-state index >= 15 is 0 Å². The molecule has 0 atom stereocenters. The number of aromatic nitrogens is 7. The van der Waals surface area contributed by atoms with Gasteiger partial charge in [0.2, 0.25) is 11.9 Å². The van der Waals surface area contributed by atoms with Gasteiger partial charge in [-0.1, -0.05) is 12.1 Å². The van der Waals surface area contributed by atoms with Crippen LogP contribution in [0.15, 0.2) is 72.2 Å². The summed E-state index contributed by atoms with van der Waals surface area (Å²) in [7, 11) is 0. The molecule has 0 spiro atoms. The van der Waals surface area contributed by atoms with Crippen molar-refractivity contribution < 1.29 is 9.50 Å². The number of nitrogens with two attached hydrogens (primary N) is 1. The maximum Gasteiger partial charge on any atom is 0.252 e. The quantitative estimate of drug-likeness (QED) is 0.135. The van der Waals surface area contributed by atoms with Crippen molar-refractivity contribution in [2.75, 3.05) is 21.7 Å². The van der Waals surface area contributed by atoms with E-state index in [1.807, 2.05) is 26.8 Å². The first-order chi connectivity index (χ1) is 24.0. The second-order valence-corrected chi connectivity index (χ2v) is 13.6. The first kappa shape index (κ1) is 32.8. The summed E-state index contributed by atoms with van der Waals surface area (Å²) in [6.07, 6.45) is 11.1. The summed E-state index contributed by atoms with van der Waals surface area (Å²) >= 11 is 0. The molecule has 1 aliphatic carbocycles. The molecule has 0 amide bonds. The molecule has 256 valence electrons. The Kier molecular flexibility index (Phi) is 8.70. The highest BCUT2D eigenvalue weighted by molar-refractivity contribution is 5.99. The maximum atomic E-state index is 13.8. The molecule has 0 aliphatic heterocycles. The van der Waals surface area contributed by atoms with Crippen LogP contribution in [0.2, 0.25) is 0 Å². The number of nitrogens with one attached hydrogen (secondary N) is 3. The maximum absolute atomic E-state index is 13.8. The van der Waals surface area contributed by atoms with E-state index < -0.39 is 0 Å². The largest absolute Gasteiger partial charge is 0.393 e. The number of pyridine rings is 3. The fraction of sp³-hybridized carbons (Fsp3) is 0.306. The normalized spacial score (nSPS) is 16.4. The smallest absolute Gasteiger partial charge is 0.252 e. The van der Waals surface area contributed by atoms with Crippen molar-refractivity contribution in [1.82, 2.24) is 34.5 Å². The minimum Gasteiger partial charge on any atom is -0.393 e. The topological polar surface area (TPSA) is 182 Å². The molecule has 1 aromatic carbocycles. The third-order valence-corrected chi connectivity index (χ3v) is 8.67. The molecule has 5 aromatic heterocycles. The molecular weight excluding hydrogens is 637 g/mol. The highest BCUT2D eigenvalue weighted by Gasteiger charge is 2.21. The summed E-state index contributed by atoms with van der Waals surface area (Å²) in [5.41, 5.74) is 9.59. The number of nitrogen functional groups attached to an aromatic ring is 1. The van der Waals surface area contributed by atoms with Gasteiger partial charge in [-0.3, -0.25) is 9.36 Å². The zero-order valence-electron chi connectivity index (χ0n) is 28.0. The number of halogens is 1. The fourth-order valence-corrected chi connectivity index (χ4v) is 6.09. The highest BCUT2D eigenvalue weighted by Crippen LogP contribution is 2.32. The van der Waals surface area contributed by atoms with E-state index in [1.54, 1.807) is 43.1 Å². The van der Waals surface area contributed by atoms with E-state index in [-0.39, 0.29) is 35.7 Å². The van der Waals surface area contributed by atoms with Crippen LogP contribution in [-0.2, 0) is 6.67 Å². The summed E-state index contributed by atoms with van der Waals surface area (Å²) in [5, 5.41) is 21.1. The molecule has 13 nitrogen and oxygen atoms in total. The Morgan fingerprint density at radius 3 is 2.26 bits per heavy atom. The van der Waals surface area contributed by atoms with Crippen LogP contribution in [0.5, 0.6) is 0 Å². The molecule has 0 radical (unpaired) electrons. The van der Waals surface area contributed by atoms with Gasteiger partial charge >= 0.3 is 0 Å². The monoisotopic (exact) mass is 675 g/mol. The predicted octanol–water partition coefficient (Wildman–Crippen LogP) is 5.58. The van der Waals surface area contributed by atoms with Crippen LogP contribution in [-0.4, -0.2) is 57.3 Å². The minimum absolute atomic E-state index is 0.115. The lowest BCUT2D eigenvalue weighted by atomic mass is 9.93. The van der Waals surface area contributed by atoms with Crippen molar-refractivity contribution in [1.29, 1.82) is 0 Å². The van der Waals surface area contributed by atoms with Crippen LogP contribution < -0.4 is 27.2 Å². The Labute approximate surface area is 287 Å². The van der Waals surface area contributed by atoms with E-state index in [9.17, 15) is 14.3 Å². The second-order valence-electron chi connectivity index (χ2n) is 13.6. The number of fused-ring (bicyclic) bond motifs is 2. The molecule has 6 aromatic rings. The lowest BCUT2D eigenvalue weighted by Crippen LogP contribution is -2.28. The Morgan fingerprint density at radius 1 is 0.860 bits per heavy atom. The molecule has 6 N–H and O–H groups in total. The van der Waals surface area contributed by atoms with Gasteiger partial charge < -0.3 is 26.8 Å². The number of hydrogen-bond donors (Lipinski definition) is 5. The molecule has 0 unspecified atom stereocenters. The number of nitrogens with zero attached hydrogens (tertiary/aromatic N) is 7. The van der Waals surface area contributed by atoms with Gasteiger partial charge in [-0.25, -0.2) is 34.3 Å². The standard InChI is InChI=1S/C36H38FN11O2/c1-36(2,3)47-35-42-17-27-30(46-35)26(15-39-32(27)38)21-12-13-48(29(50)14-21)19-43-33-28-18-41-34(44-23-8-10-24(49)11-9-23)45-31(28)25(16-40-33)20-4-6-22(37)7-5-20/h4-7,12-18,23-24,49H,8-11,19H2,1-3H3,(H2,38,39)(H,40,43)(H,41,44,45)(H,42,46,47). The number of hydrogen-bond acceptors (Lipinski definition) is 12. The molecule has 14 heteroatoms. The lowest BCUT2D eigenvalue weighted by Gasteiger charge is -2.26. The second kappa shape index (κ2) is 13.3. The van der Waals surface area contributed by atoms with Gasteiger partial charge in [0.05, 0.1) is 34.6 Å². The van der Waals surface area contributed by atoms with Crippen LogP contribution in [0, 0.1) is 5.82 Å². The van der Waals surface area contributed by atoms with Crippen molar-refractivity contribution in [3.63, 3.8) is 0 Å². The molecule has 5 heterocycles. The van der Waals surface area contributed by atoms with Gasteiger partial charge in [0.25, 0.3) is 5.56 Å². The third-order valence-electron chi connectivity index (χ3n) is 8.67. The number of aliphatic hydroxyl groups is 1. The van der Waals surface area contributed by atoms with Crippen molar-refractivity contribution >= 4 is 45.3 Å². The zero-order chi connectivity index (χ0) is 35.0. The minimum atomic E-state index is -0.339. The summed E-state index contributed by atoms with van der Waals surface area (Å²) in [6, 6.07) is 9.67. The van der Waals surface area contributed by atoms with Crippen LogP contribution in [0.25, 0.3) is 44.1 Å². The summed E-state index contributed by atoms with van der Waals surface area (Å²) < 4.78 is 15.3. The molecular formula is C36H38FN11O2. The van der Waals surface area contributed by atoms with Crippen LogP contribution >= 0.6 is 0 Å². The lowest BCUT2D eigenvalue weighted by molar-refractivity contribution is 0.126. The summed E-state index contributed by atoms with van der Waals surface area (Å²) in [6.45, 7) is 6.16. The van der Waals surface area contributed by atoms with E-state index in [0.717, 1.165) is 31.2 Å². The SMILES string of the molecule is CC(C)(C)Nc1ncc2c(N)ncc(-c3ccn(CNc4ncc(-c5ccc(F)cc5)c5nc(NC6CCC(O)CC6)ncc45)c(=O)c3)c2n1. The molecule has 50 heavy (non-hydrogen) atoms. The van der Waals surface area contributed by atoms with Crippen LogP contribution in [0.1, 0.15) is 46.5 Å². The Hall–Kier alpha value is -5.76. The Bertz CT molecular complexity index is 2250. The average Bonchev–Trinajstić information content (AvgIpc) is 3.08. The molecule has 0 saturated heterocycles. The number of benzene rings is 1. The predicted molar refractivity (Wildman–Crippen MR) is 193 cm³/mol. The van der Waals surface area contributed by atoms with Gasteiger partial charge in [-0.2, -0.15) is 0 Å². The Morgan fingerprint density at radius 2 is 1.52 bits per heavy atom. The van der Waals surface area contributed by atoms with Gasteiger partial charge in [-0.15, -0.1) is 0 Å².